The fourth-order valence-electron chi connectivity index (χ4n) is 1.79. The molecule has 0 aliphatic heterocycles. The van der Waals surface area contributed by atoms with E-state index in [1.165, 1.54) is 30.5 Å². The Bertz CT molecular complexity index is 856. The predicted octanol–water partition coefficient (Wildman–Crippen LogP) is 3.00. The lowest BCUT2D eigenvalue weighted by molar-refractivity contribution is -0.128. The zero-order valence-corrected chi connectivity index (χ0v) is 10.8. The molecule has 0 aliphatic rings. The van der Waals surface area contributed by atoms with Crippen molar-refractivity contribution in [1.82, 2.24) is 0 Å². The largest absolute Gasteiger partial charge is 0.465 e. The molecular weight excluding hydrogens is 272 g/mol. The molecular formula is C16H10O5. The molecule has 0 saturated heterocycles. The number of esters is 1. The topological polar surface area (TPSA) is 69.7 Å². The first-order chi connectivity index (χ1) is 10.2. The first-order valence-corrected chi connectivity index (χ1v) is 6.18. The Morgan fingerprint density at radius 3 is 2.81 bits per heavy atom. The molecule has 3 aromatic rings. The second-order valence-electron chi connectivity index (χ2n) is 4.22. The van der Waals surface area contributed by atoms with E-state index in [0.717, 1.165) is 5.39 Å². The Balaban J connectivity index is 1.78. The minimum atomic E-state index is -0.552. The van der Waals surface area contributed by atoms with Crippen LogP contribution < -0.4 is 10.4 Å². The van der Waals surface area contributed by atoms with Crippen molar-refractivity contribution in [1.29, 1.82) is 0 Å². The highest BCUT2D eigenvalue weighted by Crippen LogP contribution is 2.19. The minimum Gasteiger partial charge on any atom is -0.465 e. The third-order valence-electron chi connectivity index (χ3n) is 2.74. The van der Waals surface area contributed by atoms with Crippen LogP contribution in [-0.4, -0.2) is 5.97 Å². The van der Waals surface area contributed by atoms with Gasteiger partial charge in [0.15, 0.2) is 0 Å². The summed E-state index contributed by atoms with van der Waals surface area (Å²) < 4.78 is 15.2. The van der Waals surface area contributed by atoms with Gasteiger partial charge in [0.05, 0.1) is 6.26 Å². The quantitative estimate of drug-likeness (QED) is 0.319. The van der Waals surface area contributed by atoms with E-state index in [2.05, 4.69) is 0 Å². The van der Waals surface area contributed by atoms with Gasteiger partial charge in [-0.05, 0) is 36.4 Å². The Morgan fingerprint density at radius 2 is 2.00 bits per heavy atom. The van der Waals surface area contributed by atoms with E-state index in [4.69, 9.17) is 13.6 Å². The van der Waals surface area contributed by atoms with Crippen molar-refractivity contribution in [3.8, 4) is 5.75 Å². The lowest BCUT2D eigenvalue weighted by atomic mass is 10.2. The molecule has 0 saturated carbocycles. The fourth-order valence-corrected chi connectivity index (χ4v) is 1.79. The van der Waals surface area contributed by atoms with Crippen molar-refractivity contribution >= 4 is 23.0 Å². The predicted molar refractivity (Wildman–Crippen MR) is 75.9 cm³/mol. The number of carbonyl (C=O) groups excluding carboxylic acids is 1. The number of hydrogen-bond donors (Lipinski definition) is 0. The summed E-state index contributed by atoms with van der Waals surface area (Å²) in [7, 11) is 0. The Labute approximate surface area is 119 Å². The van der Waals surface area contributed by atoms with Gasteiger partial charge in [-0.1, -0.05) is 0 Å². The van der Waals surface area contributed by atoms with Crippen LogP contribution in [0.2, 0.25) is 0 Å². The van der Waals surface area contributed by atoms with Crippen LogP contribution >= 0.6 is 0 Å². The summed E-state index contributed by atoms with van der Waals surface area (Å²) in [6, 6.07) is 11.2. The zero-order valence-electron chi connectivity index (χ0n) is 10.8. The van der Waals surface area contributed by atoms with Crippen LogP contribution in [0.1, 0.15) is 5.76 Å². The standard InChI is InChI=1S/C16H10O5/c17-15(8-6-12-2-1-9-19-12)20-13-5-3-11-4-7-16(18)21-14(11)10-13/h1-10H/b8-6+. The highest BCUT2D eigenvalue weighted by molar-refractivity contribution is 5.89. The molecule has 3 rings (SSSR count). The molecule has 5 heteroatoms. The van der Waals surface area contributed by atoms with E-state index in [0.29, 0.717) is 17.1 Å². The first-order valence-electron chi connectivity index (χ1n) is 6.18. The van der Waals surface area contributed by atoms with Crippen LogP contribution in [0, 0.1) is 0 Å². The van der Waals surface area contributed by atoms with E-state index in [9.17, 15) is 9.59 Å². The van der Waals surface area contributed by atoms with Gasteiger partial charge in [-0.3, -0.25) is 0 Å². The second kappa shape index (κ2) is 5.50. The fraction of sp³-hybridized carbons (Fsp3) is 0. The Morgan fingerprint density at radius 1 is 1.14 bits per heavy atom. The zero-order chi connectivity index (χ0) is 14.7. The van der Waals surface area contributed by atoms with Crippen molar-refractivity contribution in [3.05, 3.63) is 71.0 Å². The van der Waals surface area contributed by atoms with E-state index in [-0.39, 0.29) is 0 Å². The van der Waals surface area contributed by atoms with E-state index >= 15 is 0 Å². The molecule has 0 unspecified atom stereocenters. The van der Waals surface area contributed by atoms with Crippen molar-refractivity contribution in [2.24, 2.45) is 0 Å². The van der Waals surface area contributed by atoms with Crippen molar-refractivity contribution in [3.63, 3.8) is 0 Å². The van der Waals surface area contributed by atoms with Gasteiger partial charge in [0.25, 0.3) is 0 Å². The number of carbonyl (C=O) groups is 1. The number of benzene rings is 1. The molecule has 0 atom stereocenters. The molecule has 0 radical (unpaired) electrons. The molecule has 21 heavy (non-hydrogen) atoms. The van der Waals surface area contributed by atoms with Gasteiger partial charge in [0.2, 0.25) is 0 Å². The monoisotopic (exact) mass is 282 g/mol. The molecule has 0 aliphatic carbocycles. The lowest BCUT2D eigenvalue weighted by Crippen LogP contribution is -2.03. The number of rotatable bonds is 3. The van der Waals surface area contributed by atoms with Gasteiger partial charge >= 0.3 is 11.6 Å². The van der Waals surface area contributed by atoms with E-state index in [1.807, 2.05) is 0 Å². The minimum absolute atomic E-state index is 0.297. The highest BCUT2D eigenvalue weighted by atomic mass is 16.5. The summed E-state index contributed by atoms with van der Waals surface area (Å²) in [5.41, 5.74) is -0.0912. The van der Waals surface area contributed by atoms with Crippen LogP contribution in [-0.2, 0) is 4.79 Å². The molecule has 104 valence electrons. The average Bonchev–Trinajstić information content (AvgIpc) is 2.98. The molecule has 0 amide bonds. The van der Waals surface area contributed by atoms with Crippen molar-refractivity contribution < 1.29 is 18.4 Å². The van der Waals surface area contributed by atoms with Gasteiger partial charge in [-0.15, -0.1) is 0 Å². The van der Waals surface area contributed by atoms with Crippen LogP contribution in [0.3, 0.4) is 0 Å². The molecule has 0 spiro atoms. The normalized spacial score (nSPS) is 11.0. The Kier molecular flexibility index (Phi) is 3.39. The summed E-state index contributed by atoms with van der Waals surface area (Å²) in [5, 5.41) is 0.750. The van der Waals surface area contributed by atoms with Gasteiger partial charge in [0.1, 0.15) is 17.1 Å². The first kappa shape index (κ1) is 12.9. The van der Waals surface area contributed by atoms with Crippen molar-refractivity contribution in [2.45, 2.75) is 0 Å². The summed E-state index contributed by atoms with van der Waals surface area (Å²) in [6.07, 6.45) is 4.27. The maximum Gasteiger partial charge on any atom is 0.336 e. The lowest BCUT2D eigenvalue weighted by Gasteiger charge is -2.02. The molecule has 5 nitrogen and oxygen atoms in total. The summed E-state index contributed by atoms with van der Waals surface area (Å²) in [4.78, 5) is 22.8. The van der Waals surface area contributed by atoms with E-state index in [1.54, 1.807) is 30.3 Å². The summed E-state index contributed by atoms with van der Waals surface area (Å²) in [5.74, 6) is 0.298. The molecule has 1 aromatic carbocycles. The Hall–Kier alpha value is -3.08. The molecule has 0 N–H and O–H groups in total. The third-order valence-corrected chi connectivity index (χ3v) is 2.74. The SMILES string of the molecule is O=C(/C=C/c1ccco1)Oc1ccc2ccc(=O)oc2c1. The smallest absolute Gasteiger partial charge is 0.336 e. The molecule has 0 fully saturated rings. The maximum absolute atomic E-state index is 11.7. The molecule has 0 bridgehead atoms. The van der Waals surface area contributed by atoms with Gasteiger partial charge < -0.3 is 13.6 Å². The highest BCUT2D eigenvalue weighted by Gasteiger charge is 2.04. The van der Waals surface area contributed by atoms with Crippen molar-refractivity contribution in [2.75, 3.05) is 0 Å². The van der Waals surface area contributed by atoms with Crippen LogP contribution in [0.25, 0.3) is 17.0 Å². The maximum atomic E-state index is 11.7. The van der Waals surface area contributed by atoms with Crippen LogP contribution in [0.5, 0.6) is 5.75 Å². The third kappa shape index (κ3) is 3.09. The van der Waals surface area contributed by atoms with Gasteiger partial charge in [-0.2, -0.15) is 0 Å². The molecule has 2 heterocycles. The van der Waals surface area contributed by atoms with E-state index < -0.39 is 11.6 Å². The number of ether oxygens (including phenoxy) is 1. The number of fused-ring (bicyclic) bond motifs is 1. The van der Waals surface area contributed by atoms with Crippen LogP contribution in [0.4, 0.5) is 0 Å². The summed E-state index contributed by atoms with van der Waals surface area (Å²) in [6.45, 7) is 0. The molecule has 2 aromatic heterocycles. The van der Waals surface area contributed by atoms with Gasteiger partial charge in [-0.25, -0.2) is 9.59 Å². The second-order valence-corrected chi connectivity index (χ2v) is 4.22. The van der Waals surface area contributed by atoms with Gasteiger partial charge in [0, 0.05) is 23.6 Å². The average molecular weight is 282 g/mol. The van der Waals surface area contributed by atoms with Crippen LogP contribution in [0.15, 0.2) is 68.4 Å². The summed E-state index contributed by atoms with van der Waals surface area (Å²) >= 11 is 0. The number of furan rings is 1. The number of hydrogen-bond acceptors (Lipinski definition) is 5.